The Hall–Kier alpha value is -2.25. The van der Waals surface area contributed by atoms with Gasteiger partial charge in [-0.2, -0.15) is 0 Å². The summed E-state index contributed by atoms with van der Waals surface area (Å²) < 4.78 is 11.8. The van der Waals surface area contributed by atoms with Crippen molar-refractivity contribution in [2.45, 2.75) is 38.1 Å². The summed E-state index contributed by atoms with van der Waals surface area (Å²) in [5.41, 5.74) is 1.75. The molecule has 2 fully saturated rings. The van der Waals surface area contributed by atoms with Crippen molar-refractivity contribution in [1.82, 2.24) is 4.90 Å². The molecule has 2 aromatic carbocycles. The van der Waals surface area contributed by atoms with E-state index in [-0.39, 0.29) is 18.7 Å². The lowest BCUT2D eigenvalue weighted by Crippen LogP contribution is -2.40. The number of rotatable bonds is 3. The number of carbonyl (C=O) groups excluding carboxylic acids is 1. The van der Waals surface area contributed by atoms with Gasteiger partial charge in [0.25, 0.3) is 5.91 Å². The van der Waals surface area contributed by atoms with E-state index in [0.29, 0.717) is 16.4 Å². The number of halogens is 1. The molecular weight excluding hydrogens is 464 g/mol. The molecule has 0 bridgehead atoms. The summed E-state index contributed by atoms with van der Waals surface area (Å²) in [6, 6.07) is 13.8. The van der Waals surface area contributed by atoms with Crippen LogP contribution >= 0.6 is 27.7 Å². The fraction of sp³-hybridized carbons (Fsp3) is 0.304. The Kier molecular flexibility index (Phi) is 5.56. The van der Waals surface area contributed by atoms with E-state index >= 15 is 0 Å². The number of hydrogen-bond acceptors (Lipinski definition) is 5. The molecule has 154 valence electrons. The predicted octanol–water partition coefficient (Wildman–Crippen LogP) is 6.11. The lowest BCUT2D eigenvalue weighted by atomic mass is 9.94. The fourth-order valence-corrected chi connectivity index (χ4v) is 5.51. The Balaban J connectivity index is 1.52. The molecule has 5 rings (SSSR count). The molecule has 0 unspecified atom stereocenters. The van der Waals surface area contributed by atoms with E-state index in [2.05, 4.69) is 15.9 Å². The van der Waals surface area contributed by atoms with Crippen LogP contribution < -0.4 is 9.47 Å². The maximum Gasteiger partial charge on any atom is 0.267 e. The van der Waals surface area contributed by atoms with Gasteiger partial charge < -0.3 is 9.47 Å². The molecule has 30 heavy (non-hydrogen) atoms. The Labute approximate surface area is 188 Å². The van der Waals surface area contributed by atoms with Gasteiger partial charge in [-0.3, -0.25) is 9.69 Å². The molecule has 5 nitrogen and oxygen atoms in total. The first-order valence-corrected chi connectivity index (χ1v) is 11.8. The van der Waals surface area contributed by atoms with Gasteiger partial charge in [-0.25, -0.2) is 4.99 Å². The Bertz CT molecular complexity index is 1030. The number of hydrogen-bond donors (Lipinski definition) is 0. The van der Waals surface area contributed by atoms with Gasteiger partial charge in [-0.1, -0.05) is 53.4 Å². The number of amidine groups is 1. The molecule has 0 spiro atoms. The number of amides is 1. The molecular formula is C23H21BrN2O3S. The van der Waals surface area contributed by atoms with Crippen LogP contribution in [0.3, 0.4) is 0 Å². The summed E-state index contributed by atoms with van der Waals surface area (Å²) >= 11 is 5.04. The van der Waals surface area contributed by atoms with Crippen LogP contribution in [-0.2, 0) is 4.79 Å². The molecule has 0 radical (unpaired) electrons. The van der Waals surface area contributed by atoms with Crippen molar-refractivity contribution in [1.29, 1.82) is 0 Å². The van der Waals surface area contributed by atoms with Crippen molar-refractivity contribution in [2.75, 3.05) is 6.79 Å². The van der Waals surface area contributed by atoms with Gasteiger partial charge in [-0.05, 0) is 60.5 Å². The highest BCUT2D eigenvalue weighted by Gasteiger charge is 2.38. The zero-order valence-corrected chi connectivity index (χ0v) is 18.7. The number of fused-ring (bicyclic) bond motifs is 1. The summed E-state index contributed by atoms with van der Waals surface area (Å²) in [5.74, 6) is 1.44. The summed E-state index contributed by atoms with van der Waals surface area (Å²) in [7, 11) is 0. The third kappa shape index (κ3) is 3.88. The smallest absolute Gasteiger partial charge is 0.267 e. The fourth-order valence-electron chi connectivity index (χ4n) is 4.02. The zero-order valence-electron chi connectivity index (χ0n) is 16.3. The molecule has 2 aromatic rings. The van der Waals surface area contributed by atoms with Crippen LogP contribution in [0.5, 0.6) is 11.5 Å². The Morgan fingerprint density at radius 3 is 2.57 bits per heavy atom. The number of aliphatic imine (C=N–C) groups is 1. The minimum Gasteiger partial charge on any atom is -0.454 e. The van der Waals surface area contributed by atoms with Crippen molar-refractivity contribution in [3.8, 4) is 11.5 Å². The molecule has 0 N–H and O–H groups in total. The number of benzene rings is 2. The second-order valence-corrected chi connectivity index (χ2v) is 9.40. The molecule has 1 saturated carbocycles. The number of ether oxygens (including phenoxy) is 2. The van der Waals surface area contributed by atoms with Crippen LogP contribution in [0, 0.1) is 0 Å². The Morgan fingerprint density at radius 2 is 1.80 bits per heavy atom. The maximum absolute atomic E-state index is 13.4. The predicted molar refractivity (Wildman–Crippen MR) is 123 cm³/mol. The number of nitrogens with zero attached hydrogens (tertiary/aromatic N) is 2. The molecule has 1 amide bonds. The van der Waals surface area contributed by atoms with Crippen molar-refractivity contribution in [3.05, 3.63) is 57.4 Å². The van der Waals surface area contributed by atoms with Gasteiger partial charge in [0, 0.05) is 10.5 Å². The van der Waals surface area contributed by atoms with Crippen LogP contribution in [0.15, 0.2) is 56.8 Å². The van der Waals surface area contributed by atoms with Gasteiger partial charge in [0.1, 0.15) is 0 Å². The molecule has 7 heteroatoms. The van der Waals surface area contributed by atoms with Gasteiger partial charge in [-0.15, -0.1) is 0 Å². The first-order valence-electron chi connectivity index (χ1n) is 10.1. The van der Waals surface area contributed by atoms with Crippen molar-refractivity contribution in [2.24, 2.45) is 4.99 Å². The van der Waals surface area contributed by atoms with Crippen molar-refractivity contribution in [3.63, 3.8) is 0 Å². The monoisotopic (exact) mass is 484 g/mol. The van der Waals surface area contributed by atoms with Crippen molar-refractivity contribution >= 4 is 50.5 Å². The highest BCUT2D eigenvalue weighted by Crippen LogP contribution is 2.41. The number of para-hydroxylation sites is 1. The van der Waals surface area contributed by atoms with Gasteiger partial charge in [0.05, 0.1) is 10.6 Å². The van der Waals surface area contributed by atoms with E-state index in [1.165, 1.54) is 18.2 Å². The average molecular weight is 485 g/mol. The van der Waals surface area contributed by atoms with E-state index in [1.807, 2.05) is 53.4 Å². The summed E-state index contributed by atoms with van der Waals surface area (Å²) in [5, 5.41) is 0.765. The van der Waals surface area contributed by atoms with E-state index in [0.717, 1.165) is 46.6 Å². The summed E-state index contributed by atoms with van der Waals surface area (Å²) in [6.07, 6.45) is 7.53. The van der Waals surface area contributed by atoms with E-state index in [9.17, 15) is 4.79 Å². The number of carbonyl (C=O) groups is 1. The zero-order chi connectivity index (χ0) is 20.5. The SMILES string of the molecule is O=C1/C(=C/c2cc3c(cc2Br)OCO3)SC(=Nc2ccccc2)N1C1CCCCC1. The third-order valence-electron chi connectivity index (χ3n) is 5.54. The minimum absolute atomic E-state index is 0.0335. The van der Waals surface area contributed by atoms with E-state index < -0.39 is 0 Å². The lowest BCUT2D eigenvalue weighted by Gasteiger charge is -2.30. The van der Waals surface area contributed by atoms with Crippen LogP contribution in [0.4, 0.5) is 5.69 Å². The minimum atomic E-state index is 0.0335. The number of thioether (sulfide) groups is 1. The van der Waals surface area contributed by atoms with Crippen LogP contribution in [-0.4, -0.2) is 28.8 Å². The van der Waals surface area contributed by atoms with Crippen LogP contribution in [0.25, 0.3) is 6.08 Å². The van der Waals surface area contributed by atoms with Crippen LogP contribution in [0.2, 0.25) is 0 Å². The second kappa shape index (κ2) is 8.47. The van der Waals surface area contributed by atoms with E-state index in [4.69, 9.17) is 14.5 Å². The molecule has 1 aliphatic carbocycles. The van der Waals surface area contributed by atoms with Gasteiger partial charge >= 0.3 is 0 Å². The lowest BCUT2D eigenvalue weighted by molar-refractivity contribution is -0.124. The molecule has 2 heterocycles. The summed E-state index contributed by atoms with van der Waals surface area (Å²) in [4.78, 5) is 20.9. The quantitative estimate of drug-likeness (QED) is 0.492. The molecule has 2 aliphatic heterocycles. The normalized spacial score (nSPS) is 21.8. The molecule has 1 saturated heterocycles. The summed E-state index contributed by atoms with van der Waals surface area (Å²) in [6.45, 7) is 0.221. The second-order valence-electron chi connectivity index (χ2n) is 7.53. The first kappa shape index (κ1) is 19.7. The molecule has 0 aromatic heterocycles. The van der Waals surface area contributed by atoms with Gasteiger partial charge in [0.15, 0.2) is 16.7 Å². The molecule has 3 aliphatic rings. The largest absolute Gasteiger partial charge is 0.454 e. The van der Waals surface area contributed by atoms with Crippen LogP contribution in [0.1, 0.15) is 37.7 Å². The Morgan fingerprint density at radius 1 is 1.07 bits per heavy atom. The highest BCUT2D eigenvalue weighted by molar-refractivity contribution is 9.10. The van der Waals surface area contributed by atoms with E-state index in [1.54, 1.807) is 0 Å². The first-order chi connectivity index (χ1) is 14.7. The van der Waals surface area contributed by atoms with Crippen molar-refractivity contribution < 1.29 is 14.3 Å². The maximum atomic E-state index is 13.4. The van der Waals surface area contributed by atoms with Gasteiger partial charge in [0.2, 0.25) is 6.79 Å². The highest BCUT2D eigenvalue weighted by atomic mass is 79.9. The standard InChI is InChI=1S/C23H21BrN2O3S/c24-18-13-20-19(28-14-29-20)11-15(18)12-21-22(27)26(17-9-5-2-6-10-17)23(30-21)25-16-7-3-1-4-8-16/h1,3-4,7-8,11-13,17H,2,5-6,9-10,14H2/b21-12-,25-23?. The molecule has 0 atom stereocenters. The average Bonchev–Trinajstić information content (AvgIpc) is 3.33. The topological polar surface area (TPSA) is 51.1 Å². The third-order valence-corrected chi connectivity index (χ3v) is 7.21.